The molecule has 0 aliphatic heterocycles. The Kier molecular flexibility index (Phi) is 5.38. The highest BCUT2D eigenvalue weighted by Crippen LogP contribution is 2.23. The first-order valence-electron chi connectivity index (χ1n) is 6.58. The Morgan fingerprint density at radius 2 is 2.05 bits per heavy atom. The van der Waals surface area contributed by atoms with E-state index in [0.29, 0.717) is 13.0 Å². The normalized spacial score (nSPS) is 12.2. The molecule has 4 heteroatoms. The van der Waals surface area contributed by atoms with Crippen molar-refractivity contribution in [2.24, 2.45) is 0 Å². The molecule has 0 unspecified atom stereocenters. The summed E-state index contributed by atoms with van der Waals surface area (Å²) >= 11 is 5.11. The Morgan fingerprint density at radius 1 is 1.35 bits per heavy atom. The molecule has 20 heavy (non-hydrogen) atoms. The zero-order chi connectivity index (χ0) is 14.5. The van der Waals surface area contributed by atoms with Crippen LogP contribution in [0.25, 0.3) is 0 Å². The number of carbonyl (C=O) groups is 1. The molecule has 106 valence electrons. The highest BCUT2D eigenvalue weighted by atomic mass is 79.9. The van der Waals surface area contributed by atoms with Gasteiger partial charge in [0.1, 0.15) is 0 Å². The third-order valence-electron chi connectivity index (χ3n) is 3.29. The van der Waals surface area contributed by atoms with Gasteiger partial charge in [-0.3, -0.25) is 4.79 Å². The van der Waals surface area contributed by atoms with Crippen LogP contribution in [-0.4, -0.2) is 17.9 Å². The van der Waals surface area contributed by atoms with Gasteiger partial charge in [0.2, 0.25) is 5.91 Å². The molecular formula is C16H18BrNOS. The second kappa shape index (κ2) is 7.04. The van der Waals surface area contributed by atoms with E-state index in [1.54, 1.807) is 16.2 Å². The Balaban J connectivity index is 1.91. The summed E-state index contributed by atoms with van der Waals surface area (Å²) in [7, 11) is 1.87. The van der Waals surface area contributed by atoms with Crippen molar-refractivity contribution in [3.8, 4) is 0 Å². The summed E-state index contributed by atoms with van der Waals surface area (Å²) in [5, 5.41) is 2.04. The molecule has 0 aliphatic rings. The van der Waals surface area contributed by atoms with Gasteiger partial charge in [0.15, 0.2) is 0 Å². The van der Waals surface area contributed by atoms with Crippen LogP contribution in [0, 0.1) is 0 Å². The first-order chi connectivity index (χ1) is 9.56. The number of rotatable bonds is 5. The predicted molar refractivity (Wildman–Crippen MR) is 88.0 cm³/mol. The number of benzene rings is 1. The summed E-state index contributed by atoms with van der Waals surface area (Å²) < 4.78 is 1.08. The fraction of sp³-hybridized carbons (Fsp3) is 0.312. The summed E-state index contributed by atoms with van der Waals surface area (Å²) in [5.41, 5.74) is 1.22. The largest absolute Gasteiger partial charge is 0.341 e. The van der Waals surface area contributed by atoms with Gasteiger partial charge < -0.3 is 4.90 Å². The van der Waals surface area contributed by atoms with Crippen LogP contribution in [0.5, 0.6) is 0 Å². The van der Waals surface area contributed by atoms with Crippen molar-refractivity contribution in [3.05, 3.63) is 56.7 Å². The van der Waals surface area contributed by atoms with E-state index in [4.69, 9.17) is 0 Å². The van der Waals surface area contributed by atoms with E-state index in [1.807, 2.05) is 30.6 Å². The lowest BCUT2D eigenvalue weighted by Crippen LogP contribution is -2.26. The van der Waals surface area contributed by atoms with E-state index in [0.717, 1.165) is 4.47 Å². The highest BCUT2D eigenvalue weighted by Gasteiger charge is 2.15. The number of carbonyl (C=O) groups excluding carboxylic acids is 1. The van der Waals surface area contributed by atoms with Crippen molar-refractivity contribution < 1.29 is 4.79 Å². The van der Waals surface area contributed by atoms with Gasteiger partial charge in [-0.05, 0) is 33.5 Å². The Hall–Kier alpha value is -1.13. The molecule has 0 aliphatic carbocycles. The van der Waals surface area contributed by atoms with Crippen molar-refractivity contribution >= 4 is 33.2 Å². The van der Waals surface area contributed by atoms with Crippen LogP contribution in [0.2, 0.25) is 0 Å². The second-order valence-electron chi connectivity index (χ2n) is 5.00. The molecule has 1 aromatic carbocycles. The van der Waals surface area contributed by atoms with E-state index in [9.17, 15) is 4.79 Å². The summed E-state index contributed by atoms with van der Waals surface area (Å²) in [6.07, 6.45) is 0.549. The average molecular weight is 352 g/mol. The monoisotopic (exact) mass is 351 g/mol. The zero-order valence-electron chi connectivity index (χ0n) is 11.7. The fourth-order valence-electron chi connectivity index (χ4n) is 2.08. The minimum Gasteiger partial charge on any atom is -0.341 e. The molecule has 0 bridgehead atoms. The second-order valence-corrected chi connectivity index (χ2v) is 6.91. The van der Waals surface area contributed by atoms with Crippen LogP contribution < -0.4 is 0 Å². The number of nitrogens with zero attached hydrogens (tertiary/aromatic N) is 1. The Morgan fingerprint density at radius 3 is 2.65 bits per heavy atom. The minimum atomic E-state index is 0.186. The molecule has 2 rings (SSSR count). The molecule has 0 spiro atoms. The van der Waals surface area contributed by atoms with E-state index in [2.05, 4.69) is 41.1 Å². The summed E-state index contributed by atoms with van der Waals surface area (Å²) in [6, 6.07) is 12.3. The molecular weight excluding hydrogens is 334 g/mol. The lowest BCUT2D eigenvalue weighted by atomic mass is 9.97. The molecule has 0 saturated heterocycles. The Bertz CT molecular complexity index is 567. The van der Waals surface area contributed by atoms with Crippen molar-refractivity contribution in [2.45, 2.75) is 25.8 Å². The van der Waals surface area contributed by atoms with Gasteiger partial charge >= 0.3 is 0 Å². The maximum absolute atomic E-state index is 12.3. The van der Waals surface area contributed by atoms with Gasteiger partial charge in [0.25, 0.3) is 0 Å². The van der Waals surface area contributed by atoms with Crippen LogP contribution in [-0.2, 0) is 11.3 Å². The number of hydrogen-bond acceptors (Lipinski definition) is 2. The number of halogens is 1. The van der Waals surface area contributed by atoms with Gasteiger partial charge in [-0.15, -0.1) is 11.3 Å². The van der Waals surface area contributed by atoms with Crippen LogP contribution >= 0.6 is 27.3 Å². The van der Waals surface area contributed by atoms with Gasteiger partial charge in [-0.2, -0.15) is 0 Å². The summed E-state index contributed by atoms with van der Waals surface area (Å²) in [6.45, 7) is 2.78. The van der Waals surface area contributed by atoms with Crippen LogP contribution in [0.15, 0.2) is 46.3 Å². The average Bonchev–Trinajstić information content (AvgIpc) is 2.85. The lowest BCUT2D eigenvalue weighted by molar-refractivity contribution is -0.130. The van der Waals surface area contributed by atoms with Crippen molar-refractivity contribution in [1.82, 2.24) is 4.90 Å². The molecule has 1 heterocycles. The van der Waals surface area contributed by atoms with Gasteiger partial charge in [-0.1, -0.05) is 37.3 Å². The maximum atomic E-state index is 12.3. The SMILES string of the molecule is C[C@H](CC(=O)N(C)Cc1cc(Br)cs1)c1ccccc1. The number of hydrogen-bond donors (Lipinski definition) is 0. The van der Waals surface area contributed by atoms with Crippen molar-refractivity contribution in [1.29, 1.82) is 0 Å². The fourth-order valence-corrected chi connectivity index (χ4v) is 3.58. The highest BCUT2D eigenvalue weighted by molar-refractivity contribution is 9.10. The first-order valence-corrected chi connectivity index (χ1v) is 8.25. The van der Waals surface area contributed by atoms with E-state index in [1.165, 1.54) is 10.4 Å². The molecule has 0 radical (unpaired) electrons. The molecule has 2 aromatic rings. The zero-order valence-corrected chi connectivity index (χ0v) is 14.1. The van der Waals surface area contributed by atoms with Gasteiger partial charge in [-0.25, -0.2) is 0 Å². The summed E-state index contributed by atoms with van der Waals surface area (Å²) in [4.78, 5) is 15.3. The van der Waals surface area contributed by atoms with E-state index >= 15 is 0 Å². The third-order valence-corrected chi connectivity index (χ3v) is 4.97. The smallest absolute Gasteiger partial charge is 0.223 e. The molecule has 0 saturated carbocycles. The maximum Gasteiger partial charge on any atom is 0.223 e. The van der Waals surface area contributed by atoms with Gasteiger partial charge in [0, 0.05) is 28.2 Å². The molecule has 1 aromatic heterocycles. The van der Waals surface area contributed by atoms with Crippen LogP contribution in [0.3, 0.4) is 0 Å². The van der Waals surface area contributed by atoms with E-state index < -0.39 is 0 Å². The first kappa shape index (κ1) is 15.3. The standard InChI is InChI=1S/C16H18BrNOS/c1-12(13-6-4-3-5-7-13)8-16(19)18(2)10-15-9-14(17)11-20-15/h3-7,9,11-12H,8,10H2,1-2H3/t12-/m1/s1. The van der Waals surface area contributed by atoms with Crippen molar-refractivity contribution in [2.75, 3.05) is 7.05 Å². The molecule has 1 amide bonds. The lowest BCUT2D eigenvalue weighted by Gasteiger charge is -2.19. The molecule has 0 N–H and O–H groups in total. The van der Waals surface area contributed by atoms with Gasteiger partial charge in [0.05, 0.1) is 6.54 Å². The van der Waals surface area contributed by atoms with Crippen LogP contribution in [0.1, 0.15) is 29.7 Å². The molecule has 1 atom stereocenters. The van der Waals surface area contributed by atoms with Crippen LogP contribution in [0.4, 0.5) is 0 Å². The summed E-state index contributed by atoms with van der Waals surface area (Å²) in [5.74, 6) is 0.437. The van der Waals surface area contributed by atoms with Crippen molar-refractivity contribution in [3.63, 3.8) is 0 Å². The Labute approximate surface area is 132 Å². The quantitative estimate of drug-likeness (QED) is 0.766. The third kappa shape index (κ3) is 4.18. The molecule has 2 nitrogen and oxygen atoms in total. The predicted octanol–water partition coefficient (Wildman–Crippen LogP) is 4.66. The topological polar surface area (TPSA) is 20.3 Å². The van der Waals surface area contributed by atoms with E-state index in [-0.39, 0.29) is 11.8 Å². The number of amides is 1. The number of thiophene rings is 1. The molecule has 0 fully saturated rings. The minimum absolute atomic E-state index is 0.186.